The van der Waals surface area contributed by atoms with Crippen molar-refractivity contribution in [1.82, 2.24) is 5.32 Å². The molecule has 1 heterocycles. The van der Waals surface area contributed by atoms with Gasteiger partial charge in [-0.25, -0.2) is 0 Å². The molecule has 74 heavy (non-hydrogen) atoms. The van der Waals surface area contributed by atoms with E-state index in [1.54, 1.807) is 0 Å². The molecule has 1 aliphatic heterocycles. The van der Waals surface area contributed by atoms with Crippen molar-refractivity contribution < 1.29 is 39.8 Å². The molecule has 0 aromatic rings. The van der Waals surface area contributed by atoms with E-state index >= 15 is 0 Å². The predicted octanol–water partition coefficient (Wildman–Crippen LogP) is 16.9. The number of carbonyl (C=O) groups is 1. The fourth-order valence-electron chi connectivity index (χ4n) is 10.7. The third-order valence-electron chi connectivity index (χ3n) is 15.8. The summed E-state index contributed by atoms with van der Waals surface area (Å²) in [6.45, 7) is 3.85. The minimum atomic E-state index is -1.55. The average Bonchev–Trinajstić information content (AvgIpc) is 3.40. The largest absolute Gasteiger partial charge is 0.394 e. The number of carbonyl (C=O) groups excluding carboxylic acids is 1. The van der Waals surface area contributed by atoms with E-state index in [9.17, 15) is 30.3 Å². The Balaban J connectivity index is 2.00. The van der Waals surface area contributed by atoms with Gasteiger partial charge in [0, 0.05) is 6.42 Å². The lowest BCUT2D eigenvalue weighted by atomic mass is 9.99. The van der Waals surface area contributed by atoms with Crippen molar-refractivity contribution in [2.45, 2.75) is 371 Å². The quantitative estimate of drug-likeness (QED) is 0.0261. The van der Waals surface area contributed by atoms with Crippen LogP contribution >= 0.6 is 0 Å². The number of aliphatic hydroxyl groups excluding tert-OH is 5. The Morgan fingerprint density at radius 2 is 0.797 bits per heavy atom. The van der Waals surface area contributed by atoms with Crippen LogP contribution in [0, 0.1) is 0 Å². The van der Waals surface area contributed by atoms with Crippen molar-refractivity contribution in [3.63, 3.8) is 0 Å². The number of hydrogen-bond donors (Lipinski definition) is 6. The zero-order valence-electron chi connectivity index (χ0n) is 48.9. The summed E-state index contributed by atoms with van der Waals surface area (Å²) >= 11 is 0. The number of allylic oxidation sites excluding steroid dienone is 4. The van der Waals surface area contributed by atoms with Crippen molar-refractivity contribution in [3.8, 4) is 0 Å². The van der Waals surface area contributed by atoms with Gasteiger partial charge in [0.2, 0.25) is 5.91 Å². The lowest BCUT2D eigenvalue weighted by Crippen LogP contribution is -2.60. The molecule has 9 nitrogen and oxygen atoms in total. The molecule has 0 spiro atoms. The monoisotopic (exact) mass is 1050 g/mol. The summed E-state index contributed by atoms with van der Waals surface area (Å²) < 4.78 is 11.3. The average molecular weight is 1050 g/mol. The first-order chi connectivity index (χ1) is 36.3. The van der Waals surface area contributed by atoms with E-state index in [-0.39, 0.29) is 12.5 Å². The number of rotatable bonds is 57. The summed E-state index contributed by atoms with van der Waals surface area (Å²) in [5, 5.41) is 54.6. The maximum absolute atomic E-state index is 13.1. The molecule has 0 bridgehead atoms. The third-order valence-corrected chi connectivity index (χ3v) is 15.8. The van der Waals surface area contributed by atoms with Gasteiger partial charge >= 0.3 is 0 Å². The van der Waals surface area contributed by atoms with Gasteiger partial charge in [0.15, 0.2) is 6.29 Å². The highest BCUT2D eigenvalue weighted by molar-refractivity contribution is 5.76. The molecule has 438 valence electrons. The number of ether oxygens (including phenoxy) is 2. The van der Waals surface area contributed by atoms with Crippen LogP contribution in [-0.2, 0) is 14.3 Å². The Morgan fingerprint density at radius 3 is 1.16 bits per heavy atom. The van der Waals surface area contributed by atoms with Crippen LogP contribution in [0.25, 0.3) is 0 Å². The number of amides is 1. The topological polar surface area (TPSA) is 149 Å². The highest BCUT2D eigenvalue weighted by Gasteiger charge is 2.44. The van der Waals surface area contributed by atoms with Crippen LogP contribution in [0.15, 0.2) is 24.3 Å². The number of unbranched alkanes of at least 4 members (excludes halogenated alkanes) is 43. The van der Waals surface area contributed by atoms with E-state index < -0.39 is 49.5 Å². The van der Waals surface area contributed by atoms with Crippen LogP contribution in [0.1, 0.15) is 328 Å². The van der Waals surface area contributed by atoms with E-state index in [4.69, 9.17) is 9.47 Å². The highest BCUT2D eigenvalue weighted by Crippen LogP contribution is 2.24. The van der Waals surface area contributed by atoms with Gasteiger partial charge in [-0.05, 0) is 44.9 Å². The molecule has 1 rings (SSSR count). The van der Waals surface area contributed by atoms with E-state index in [1.807, 2.05) is 0 Å². The molecule has 1 saturated heterocycles. The van der Waals surface area contributed by atoms with Gasteiger partial charge in [-0.15, -0.1) is 0 Å². The molecule has 6 N–H and O–H groups in total. The Bertz CT molecular complexity index is 1210. The second kappa shape index (κ2) is 55.0. The van der Waals surface area contributed by atoms with Crippen molar-refractivity contribution in [2.75, 3.05) is 13.2 Å². The maximum atomic E-state index is 13.1. The normalized spacial score (nSPS) is 19.0. The maximum Gasteiger partial charge on any atom is 0.220 e. The summed E-state index contributed by atoms with van der Waals surface area (Å²) in [7, 11) is 0. The van der Waals surface area contributed by atoms with Crippen LogP contribution in [-0.4, -0.2) is 87.5 Å². The molecule has 0 aromatic heterocycles. The van der Waals surface area contributed by atoms with Gasteiger partial charge in [-0.1, -0.05) is 301 Å². The SMILES string of the molecule is CCCCCCC/C=C\C/C=C\CCCCCCCCCCCCCCCCCCCCCCCCCCCCCC(=O)NC(COC1OC(CO)C(O)C(O)C1O)C(O)CCCCCCCCCCCCCC. The first kappa shape index (κ1) is 70.7. The van der Waals surface area contributed by atoms with Crippen LogP contribution in [0.2, 0.25) is 0 Å². The summed E-state index contributed by atoms with van der Waals surface area (Å²) in [4.78, 5) is 13.1. The second-order valence-corrected chi connectivity index (χ2v) is 22.9. The molecule has 1 amide bonds. The molecular formula is C65H125NO8. The van der Waals surface area contributed by atoms with Crippen molar-refractivity contribution in [3.05, 3.63) is 24.3 Å². The molecule has 1 fully saturated rings. The van der Waals surface area contributed by atoms with Crippen LogP contribution < -0.4 is 5.32 Å². The Labute approximate surface area is 458 Å². The van der Waals surface area contributed by atoms with Gasteiger partial charge in [-0.2, -0.15) is 0 Å². The van der Waals surface area contributed by atoms with Gasteiger partial charge in [0.1, 0.15) is 24.4 Å². The lowest BCUT2D eigenvalue weighted by Gasteiger charge is -2.40. The summed E-state index contributed by atoms with van der Waals surface area (Å²) in [5.74, 6) is -0.138. The van der Waals surface area contributed by atoms with E-state index in [2.05, 4.69) is 43.5 Å². The molecule has 0 aromatic carbocycles. The van der Waals surface area contributed by atoms with Gasteiger partial charge < -0.3 is 40.3 Å². The summed E-state index contributed by atoms with van der Waals surface area (Å²) in [6.07, 6.45) is 64.0. The first-order valence-electron chi connectivity index (χ1n) is 32.5. The lowest BCUT2D eigenvalue weighted by molar-refractivity contribution is -0.302. The molecule has 7 atom stereocenters. The van der Waals surface area contributed by atoms with E-state index in [0.29, 0.717) is 12.8 Å². The van der Waals surface area contributed by atoms with Crippen molar-refractivity contribution >= 4 is 5.91 Å². The van der Waals surface area contributed by atoms with Crippen LogP contribution in [0.3, 0.4) is 0 Å². The molecule has 0 radical (unpaired) electrons. The molecular weight excluding hydrogens is 923 g/mol. The number of aliphatic hydroxyl groups is 5. The molecule has 1 aliphatic rings. The molecule has 7 unspecified atom stereocenters. The predicted molar refractivity (Wildman–Crippen MR) is 314 cm³/mol. The summed E-state index contributed by atoms with van der Waals surface area (Å²) in [5.41, 5.74) is 0. The minimum Gasteiger partial charge on any atom is -0.394 e. The van der Waals surface area contributed by atoms with Gasteiger partial charge in [0.25, 0.3) is 0 Å². The van der Waals surface area contributed by atoms with Crippen molar-refractivity contribution in [1.29, 1.82) is 0 Å². The van der Waals surface area contributed by atoms with E-state index in [1.165, 1.54) is 257 Å². The standard InChI is InChI=1S/C65H125NO8/c1-3-5-7-9-11-13-15-17-18-19-20-21-22-23-24-25-26-27-28-29-30-31-32-33-34-35-36-37-38-39-40-41-42-43-45-47-49-51-53-55-61(69)66-58(57-73-65-64(72)63(71)62(70)60(56-67)74-65)59(68)54-52-50-48-46-44-16-14-12-10-8-6-4-2/h15,17,19-20,58-60,62-65,67-68,70-72H,3-14,16,18,21-57H2,1-2H3,(H,66,69)/b17-15-,20-19-. The number of hydrogen-bond acceptors (Lipinski definition) is 8. The zero-order valence-corrected chi connectivity index (χ0v) is 48.9. The molecule has 9 heteroatoms. The Kier molecular flexibility index (Phi) is 52.5. The fraction of sp³-hybridized carbons (Fsp3) is 0.923. The third kappa shape index (κ3) is 43.6. The van der Waals surface area contributed by atoms with Crippen LogP contribution in [0.5, 0.6) is 0 Å². The highest BCUT2D eigenvalue weighted by atomic mass is 16.7. The molecule has 0 saturated carbocycles. The zero-order chi connectivity index (χ0) is 53.6. The van der Waals surface area contributed by atoms with Crippen molar-refractivity contribution in [2.24, 2.45) is 0 Å². The molecule has 0 aliphatic carbocycles. The second-order valence-electron chi connectivity index (χ2n) is 22.9. The van der Waals surface area contributed by atoms with Gasteiger partial charge in [-0.3, -0.25) is 4.79 Å². The summed E-state index contributed by atoms with van der Waals surface area (Å²) in [6, 6.07) is -0.714. The Morgan fingerprint density at radius 1 is 0.459 bits per heavy atom. The van der Waals surface area contributed by atoms with Gasteiger partial charge in [0.05, 0.1) is 25.4 Å². The fourth-order valence-corrected chi connectivity index (χ4v) is 10.7. The Hall–Kier alpha value is -1.33. The first-order valence-corrected chi connectivity index (χ1v) is 32.5. The minimum absolute atomic E-state index is 0.133. The van der Waals surface area contributed by atoms with E-state index in [0.717, 1.165) is 44.9 Å². The smallest absolute Gasteiger partial charge is 0.220 e. The van der Waals surface area contributed by atoms with Crippen LogP contribution in [0.4, 0.5) is 0 Å². The number of nitrogens with one attached hydrogen (secondary N) is 1.